The van der Waals surface area contributed by atoms with Crippen molar-refractivity contribution in [3.8, 4) is 0 Å². The molecule has 1 saturated carbocycles. The van der Waals surface area contributed by atoms with Crippen LogP contribution in [0.3, 0.4) is 0 Å². The van der Waals surface area contributed by atoms with Crippen LogP contribution in [0.5, 0.6) is 0 Å². The van der Waals surface area contributed by atoms with Crippen molar-refractivity contribution in [3.63, 3.8) is 0 Å². The molecule has 1 aliphatic carbocycles. The van der Waals surface area contributed by atoms with E-state index in [0.29, 0.717) is 6.10 Å². The Labute approximate surface area is 103 Å². The Balaban J connectivity index is 1.70. The zero-order valence-electron chi connectivity index (χ0n) is 10.4. The second-order valence-electron chi connectivity index (χ2n) is 5.54. The van der Waals surface area contributed by atoms with E-state index in [0.717, 1.165) is 37.8 Å². The lowest BCUT2D eigenvalue weighted by atomic mass is 9.77. The molecule has 2 fully saturated rings. The average Bonchev–Trinajstić information content (AvgIpc) is 2.90. The van der Waals surface area contributed by atoms with Crippen LogP contribution in [0.2, 0.25) is 0 Å². The molecule has 2 unspecified atom stereocenters. The van der Waals surface area contributed by atoms with Gasteiger partial charge in [-0.2, -0.15) is 0 Å². The molecule has 3 heteroatoms. The Morgan fingerprint density at radius 3 is 2.94 bits per heavy atom. The molecule has 1 aliphatic heterocycles. The van der Waals surface area contributed by atoms with Crippen molar-refractivity contribution in [2.75, 3.05) is 13.2 Å². The van der Waals surface area contributed by atoms with Gasteiger partial charge in [0.1, 0.15) is 5.76 Å². The topological polar surface area (TPSA) is 34.4 Å². The van der Waals surface area contributed by atoms with E-state index in [1.54, 1.807) is 6.26 Å². The highest BCUT2D eigenvalue weighted by molar-refractivity contribution is 5.06. The van der Waals surface area contributed by atoms with Crippen LogP contribution >= 0.6 is 0 Å². The predicted octanol–water partition coefficient (Wildman–Crippen LogP) is 2.37. The summed E-state index contributed by atoms with van der Waals surface area (Å²) in [7, 11) is 0. The second kappa shape index (κ2) is 4.46. The van der Waals surface area contributed by atoms with Crippen LogP contribution in [0.25, 0.3) is 0 Å². The first-order valence-electron chi connectivity index (χ1n) is 6.66. The molecule has 0 spiro atoms. The summed E-state index contributed by atoms with van der Waals surface area (Å²) in [6, 6.07) is 4.80. The second-order valence-corrected chi connectivity index (χ2v) is 5.54. The summed E-state index contributed by atoms with van der Waals surface area (Å²) in [5.41, 5.74) is 0.223. The van der Waals surface area contributed by atoms with Crippen molar-refractivity contribution in [1.29, 1.82) is 0 Å². The molecule has 0 amide bonds. The lowest BCUT2D eigenvalue weighted by Crippen LogP contribution is -2.42. The molecular weight excluding hydrogens is 214 g/mol. The lowest BCUT2D eigenvalue weighted by Gasteiger charge is -2.32. The van der Waals surface area contributed by atoms with E-state index in [9.17, 15) is 0 Å². The van der Waals surface area contributed by atoms with Crippen molar-refractivity contribution >= 4 is 0 Å². The van der Waals surface area contributed by atoms with Gasteiger partial charge in [-0.3, -0.25) is 0 Å². The molecule has 3 nitrogen and oxygen atoms in total. The Kier molecular flexibility index (Phi) is 2.97. The Morgan fingerprint density at radius 1 is 1.47 bits per heavy atom. The number of hydrogen-bond donors (Lipinski definition) is 1. The van der Waals surface area contributed by atoms with Crippen LogP contribution in [0.15, 0.2) is 22.8 Å². The summed E-state index contributed by atoms with van der Waals surface area (Å²) in [6.45, 7) is 4.14. The maximum atomic E-state index is 5.79. The molecule has 0 bridgehead atoms. The zero-order chi connectivity index (χ0) is 11.7. The highest BCUT2D eigenvalue weighted by Crippen LogP contribution is 2.38. The van der Waals surface area contributed by atoms with Crippen LogP contribution in [0.4, 0.5) is 0 Å². The third-order valence-electron chi connectivity index (χ3n) is 4.26. The van der Waals surface area contributed by atoms with Crippen LogP contribution in [0, 0.1) is 5.41 Å². The highest BCUT2D eigenvalue weighted by atomic mass is 16.5. The summed E-state index contributed by atoms with van der Waals surface area (Å²) >= 11 is 0. The van der Waals surface area contributed by atoms with E-state index >= 15 is 0 Å². The molecule has 3 rings (SSSR count). The predicted molar refractivity (Wildman–Crippen MR) is 65.9 cm³/mol. The van der Waals surface area contributed by atoms with Gasteiger partial charge in [-0.1, -0.05) is 0 Å². The summed E-state index contributed by atoms with van der Waals surface area (Å²) in [5, 5.41) is 3.66. The van der Waals surface area contributed by atoms with Crippen molar-refractivity contribution in [2.45, 2.75) is 44.8 Å². The standard InChI is InChI=1S/C14H21NO2/c1-11-14(6-8-16-11,10-15-12-4-5-12)9-13-3-2-7-17-13/h2-3,7,11-12,15H,4-6,8-10H2,1H3. The summed E-state index contributed by atoms with van der Waals surface area (Å²) in [5.74, 6) is 1.08. The van der Waals surface area contributed by atoms with E-state index in [1.165, 1.54) is 12.8 Å². The summed E-state index contributed by atoms with van der Waals surface area (Å²) < 4.78 is 11.3. The van der Waals surface area contributed by atoms with Crippen LogP contribution in [0.1, 0.15) is 31.9 Å². The quantitative estimate of drug-likeness (QED) is 0.851. The molecule has 1 aromatic heterocycles. The van der Waals surface area contributed by atoms with Gasteiger partial charge in [0.2, 0.25) is 0 Å². The average molecular weight is 235 g/mol. The number of nitrogens with one attached hydrogen (secondary N) is 1. The van der Waals surface area contributed by atoms with Gasteiger partial charge in [0, 0.05) is 31.0 Å². The largest absolute Gasteiger partial charge is 0.469 e. The fraction of sp³-hybridized carbons (Fsp3) is 0.714. The van der Waals surface area contributed by atoms with Crippen molar-refractivity contribution in [1.82, 2.24) is 5.32 Å². The molecule has 1 N–H and O–H groups in total. The van der Waals surface area contributed by atoms with Crippen LogP contribution in [-0.4, -0.2) is 25.3 Å². The summed E-state index contributed by atoms with van der Waals surface area (Å²) in [4.78, 5) is 0. The third kappa shape index (κ3) is 2.40. The molecule has 17 heavy (non-hydrogen) atoms. The number of rotatable bonds is 5. The fourth-order valence-electron chi connectivity index (χ4n) is 2.74. The molecule has 0 aromatic carbocycles. The Hall–Kier alpha value is -0.800. The van der Waals surface area contributed by atoms with Gasteiger partial charge in [-0.15, -0.1) is 0 Å². The number of hydrogen-bond acceptors (Lipinski definition) is 3. The minimum atomic E-state index is 0.223. The van der Waals surface area contributed by atoms with Gasteiger partial charge < -0.3 is 14.5 Å². The van der Waals surface area contributed by atoms with E-state index in [2.05, 4.69) is 18.3 Å². The van der Waals surface area contributed by atoms with Crippen molar-refractivity contribution in [2.24, 2.45) is 5.41 Å². The highest BCUT2D eigenvalue weighted by Gasteiger charge is 2.42. The van der Waals surface area contributed by atoms with Crippen molar-refractivity contribution < 1.29 is 9.15 Å². The van der Waals surface area contributed by atoms with Crippen LogP contribution in [-0.2, 0) is 11.2 Å². The van der Waals surface area contributed by atoms with E-state index < -0.39 is 0 Å². The lowest BCUT2D eigenvalue weighted by molar-refractivity contribution is 0.0602. The molecule has 1 saturated heterocycles. The Morgan fingerprint density at radius 2 is 2.35 bits per heavy atom. The molecular formula is C14H21NO2. The summed E-state index contributed by atoms with van der Waals surface area (Å²) in [6.07, 6.45) is 6.88. The minimum Gasteiger partial charge on any atom is -0.469 e. The van der Waals surface area contributed by atoms with Gasteiger partial charge in [0.25, 0.3) is 0 Å². The first kappa shape index (κ1) is 11.3. The maximum Gasteiger partial charge on any atom is 0.104 e. The van der Waals surface area contributed by atoms with Crippen molar-refractivity contribution in [3.05, 3.63) is 24.2 Å². The normalized spacial score (nSPS) is 33.1. The van der Waals surface area contributed by atoms with Crippen LogP contribution < -0.4 is 5.32 Å². The number of ether oxygens (including phenoxy) is 1. The van der Waals surface area contributed by atoms with E-state index in [-0.39, 0.29) is 5.41 Å². The van der Waals surface area contributed by atoms with Gasteiger partial charge in [0.05, 0.1) is 12.4 Å². The molecule has 0 radical (unpaired) electrons. The minimum absolute atomic E-state index is 0.223. The smallest absolute Gasteiger partial charge is 0.104 e. The van der Waals surface area contributed by atoms with Gasteiger partial charge in [-0.25, -0.2) is 0 Å². The number of furan rings is 1. The first-order valence-corrected chi connectivity index (χ1v) is 6.66. The van der Waals surface area contributed by atoms with E-state index in [4.69, 9.17) is 9.15 Å². The maximum absolute atomic E-state index is 5.79. The molecule has 1 aromatic rings. The Bertz CT molecular complexity index is 358. The van der Waals surface area contributed by atoms with Gasteiger partial charge in [-0.05, 0) is 38.3 Å². The van der Waals surface area contributed by atoms with E-state index in [1.807, 2.05) is 6.07 Å². The third-order valence-corrected chi connectivity index (χ3v) is 4.26. The molecule has 94 valence electrons. The molecule has 2 heterocycles. The fourth-order valence-corrected chi connectivity index (χ4v) is 2.74. The first-order chi connectivity index (χ1) is 8.28. The monoisotopic (exact) mass is 235 g/mol. The zero-order valence-corrected chi connectivity index (χ0v) is 10.4. The van der Waals surface area contributed by atoms with Gasteiger partial charge >= 0.3 is 0 Å². The molecule has 2 atom stereocenters. The van der Waals surface area contributed by atoms with Gasteiger partial charge in [0.15, 0.2) is 0 Å². The molecule has 2 aliphatic rings. The SMILES string of the molecule is CC1OCCC1(CNC1CC1)Cc1ccco1.